The molecule has 1 saturated heterocycles. The van der Waals surface area contributed by atoms with E-state index in [-0.39, 0.29) is 23.1 Å². The van der Waals surface area contributed by atoms with Crippen molar-refractivity contribution < 1.29 is 9.59 Å². The van der Waals surface area contributed by atoms with Crippen LogP contribution in [0.5, 0.6) is 0 Å². The van der Waals surface area contributed by atoms with E-state index in [2.05, 4.69) is 11.6 Å². The summed E-state index contributed by atoms with van der Waals surface area (Å²) in [4.78, 5) is 26.2. The van der Waals surface area contributed by atoms with Crippen molar-refractivity contribution in [1.29, 1.82) is 0 Å². The zero-order chi connectivity index (χ0) is 14.9. The fourth-order valence-corrected chi connectivity index (χ4v) is 3.60. The third kappa shape index (κ3) is 3.23. The molecule has 0 bridgehead atoms. The van der Waals surface area contributed by atoms with Crippen molar-refractivity contribution in [2.75, 3.05) is 19.3 Å². The molecule has 1 atom stereocenters. The Morgan fingerprint density at radius 1 is 1.29 bits per heavy atom. The fraction of sp³-hybridized carbons (Fsp3) is 0.500. The summed E-state index contributed by atoms with van der Waals surface area (Å²) in [5.74, 6) is 0.00575. The first-order valence-corrected chi connectivity index (χ1v) is 8.52. The molecule has 1 aromatic carbocycles. The van der Waals surface area contributed by atoms with Crippen LogP contribution in [0.2, 0.25) is 0 Å². The van der Waals surface area contributed by atoms with Crippen LogP contribution in [0.3, 0.4) is 0 Å². The minimum atomic E-state index is -0.425. The summed E-state index contributed by atoms with van der Waals surface area (Å²) in [5, 5.41) is 2.83. The Morgan fingerprint density at radius 2 is 2.00 bits per heavy atom. The van der Waals surface area contributed by atoms with Gasteiger partial charge in [-0.3, -0.25) is 9.59 Å². The number of hydrogen-bond acceptors (Lipinski definition) is 3. The Morgan fingerprint density at radius 3 is 2.62 bits per heavy atom. The topological polar surface area (TPSA) is 49.4 Å². The lowest BCUT2D eigenvalue weighted by molar-refractivity contribution is -0.144. The third-order valence-corrected chi connectivity index (χ3v) is 5.69. The number of piperazine rings is 1. The van der Waals surface area contributed by atoms with Gasteiger partial charge in [0.15, 0.2) is 0 Å². The van der Waals surface area contributed by atoms with E-state index in [1.54, 1.807) is 4.90 Å². The van der Waals surface area contributed by atoms with Gasteiger partial charge in [0.25, 0.3) is 0 Å². The summed E-state index contributed by atoms with van der Waals surface area (Å²) in [6.07, 6.45) is 4.93. The summed E-state index contributed by atoms with van der Waals surface area (Å²) < 4.78 is 0.199. The lowest BCUT2D eigenvalue weighted by Gasteiger charge is -2.34. The summed E-state index contributed by atoms with van der Waals surface area (Å²) in [5.41, 5.74) is 1.07. The second-order valence-corrected chi connectivity index (χ2v) is 7.17. The maximum atomic E-state index is 12.6. The highest BCUT2D eigenvalue weighted by molar-refractivity contribution is 8.00. The molecule has 4 nitrogen and oxygen atoms in total. The molecule has 2 aliphatic rings. The van der Waals surface area contributed by atoms with E-state index < -0.39 is 6.04 Å². The van der Waals surface area contributed by atoms with Crippen molar-refractivity contribution in [3.63, 3.8) is 0 Å². The quantitative estimate of drug-likeness (QED) is 0.896. The Kier molecular flexibility index (Phi) is 3.93. The zero-order valence-corrected chi connectivity index (χ0v) is 13.0. The van der Waals surface area contributed by atoms with Crippen molar-refractivity contribution in [2.24, 2.45) is 0 Å². The Bertz CT molecular complexity index is 542. The van der Waals surface area contributed by atoms with Crippen molar-refractivity contribution >= 4 is 23.6 Å². The molecule has 0 aromatic heterocycles. The maximum Gasteiger partial charge on any atom is 0.246 e. The molecule has 1 aliphatic carbocycles. The monoisotopic (exact) mass is 304 g/mol. The first-order valence-electron chi connectivity index (χ1n) is 7.29. The second-order valence-electron chi connectivity index (χ2n) is 5.89. The number of rotatable bonds is 5. The highest BCUT2D eigenvalue weighted by atomic mass is 32.2. The van der Waals surface area contributed by atoms with Gasteiger partial charge in [0.1, 0.15) is 6.04 Å². The van der Waals surface area contributed by atoms with Gasteiger partial charge >= 0.3 is 0 Å². The van der Waals surface area contributed by atoms with Crippen molar-refractivity contribution in [3.8, 4) is 0 Å². The average molecular weight is 304 g/mol. The molecular formula is C16H20N2O2S. The number of carbonyl (C=O) groups is 2. The van der Waals surface area contributed by atoms with Gasteiger partial charge in [-0.05, 0) is 24.7 Å². The van der Waals surface area contributed by atoms with E-state index in [0.29, 0.717) is 13.0 Å². The van der Waals surface area contributed by atoms with E-state index in [1.165, 1.54) is 0 Å². The summed E-state index contributed by atoms with van der Waals surface area (Å²) in [6.45, 7) is 0.901. The van der Waals surface area contributed by atoms with E-state index in [4.69, 9.17) is 0 Å². The van der Waals surface area contributed by atoms with Crippen LogP contribution in [0.15, 0.2) is 30.3 Å². The maximum absolute atomic E-state index is 12.6. The first-order chi connectivity index (χ1) is 10.1. The Balaban J connectivity index is 1.69. The summed E-state index contributed by atoms with van der Waals surface area (Å²) in [7, 11) is 0. The average Bonchev–Trinajstić information content (AvgIpc) is 3.25. The Hall–Kier alpha value is -1.49. The van der Waals surface area contributed by atoms with Crippen LogP contribution in [0.25, 0.3) is 0 Å². The Labute approximate surface area is 129 Å². The van der Waals surface area contributed by atoms with Crippen LogP contribution in [0.1, 0.15) is 18.4 Å². The van der Waals surface area contributed by atoms with Crippen molar-refractivity contribution in [1.82, 2.24) is 10.2 Å². The van der Waals surface area contributed by atoms with E-state index in [0.717, 1.165) is 18.4 Å². The van der Waals surface area contributed by atoms with Crippen LogP contribution in [0.4, 0.5) is 0 Å². The molecule has 1 heterocycles. The fourth-order valence-electron chi connectivity index (χ4n) is 2.81. The number of amides is 2. The molecule has 1 N–H and O–H groups in total. The molecule has 2 fully saturated rings. The highest BCUT2D eigenvalue weighted by Crippen LogP contribution is 2.47. The number of thioether (sulfide) groups is 1. The summed E-state index contributed by atoms with van der Waals surface area (Å²) >= 11 is 1.81. The van der Waals surface area contributed by atoms with Crippen LogP contribution < -0.4 is 5.32 Å². The molecule has 2 amide bonds. The van der Waals surface area contributed by atoms with Gasteiger partial charge in [-0.15, -0.1) is 0 Å². The number of carbonyl (C=O) groups excluding carboxylic acids is 2. The largest absolute Gasteiger partial charge is 0.342 e. The number of nitrogens with zero attached hydrogens (tertiary/aromatic N) is 1. The standard InChI is InChI=1S/C16H20N2O2S/c1-21-16(7-8-16)11-18-10-14(19)17-13(15(18)20)9-12-5-3-2-4-6-12/h2-6,13H,7-11H2,1H3,(H,17,19). The smallest absolute Gasteiger partial charge is 0.246 e. The molecule has 1 unspecified atom stereocenters. The number of nitrogens with one attached hydrogen (secondary N) is 1. The molecule has 0 spiro atoms. The highest BCUT2D eigenvalue weighted by Gasteiger charge is 2.46. The molecule has 1 aromatic rings. The van der Waals surface area contributed by atoms with Crippen LogP contribution in [0, 0.1) is 0 Å². The minimum Gasteiger partial charge on any atom is -0.342 e. The van der Waals surface area contributed by atoms with Gasteiger partial charge in [0, 0.05) is 17.7 Å². The van der Waals surface area contributed by atoms with E-state index >= 15 is 0 Å². The lowest BCUT2D eigenvalue weighted by atomic mass is 10.0. The van der Waals surface area contributed by atoms with Crippen LogP contribution >= 0.6 is 11.8 Å². The molecule has 1 saturated carbocycles. The molecule has 112 valence electrons. The molecule has 5 heteroatoms. The van der Waals surface area contributed by atoms with Crippen molar-refractivity contribution in [3.05, 3.63) is 35.9 Å². The summed E-state index contributed by atoms with van der Waals surface area (Å²) in [6, 6.07) is 9.41. The second kappa shape index (κ2) is 5.72. The van der Waals surface area contributed by atoms with Crippen LogP contribution in [-0.2, 0) is 16.0 Å². The van der Waals surface area contributed by atoms with Gasteiger partial charge in [0.2, 0.25) is 11.8 Å². The SMILES string of the molecule is CSC1(CN2CC(=O)NC(Cc3ccccc3)C2=O)CC1. The molecular weight excluding hydrogens is 284 g/mol. The number of benzene rings is 1. The zero-order valence-electron chi connectivity index (χ0n) is 12.2. The third-order valence-electron chi connectivity index (χ3n) is 4.28. The molecule has 1 aliphatic heterocycles. The molecule has 3 rings (SSSR count). The molecule has 21 heavy (non-hydrogen) atoms. The predicted octanol–water partition coefficient (Wildman–Crippen LogP) is 1.45. The van der Waals surface area contributed by atoms with E-state index in [9.17, 15) is 9.59 Å². The van der Waals surface area contributed by atoms with Crippen LogP contribution in [-0.4, -0.2) is 46.8 Å². The van der Waals surface area contributed by atoms with Gasteiger partial charge in [-0.25, -0.2) is 0 Å². The van der Waals surface area contributed by atoms with Gasteiger partial charge in [-0.2, -0.15) is 11.8 Å². The first kappa shape index (κ1) is 14.4. The minimum absolute atomic E-state index is 0.0487. The van der Waals surface area contributed by atoms with Gasteiger partial charge in [0.05, 0.1) is 6.54 Å². The van der Waals surface area contributed by atoms with E-state index in [1.807, 2.05) is 42.1 Å². The van der Waals surface area contributed by atoms with Gasteiger partial charge in [-0.1, -0.05) is 30.3 Å². The molecule has 0 radical (unpaired) electrons. The lowest BCUT2D eigenvalue weighted by Crippen LogP contribution is -2.60. The van der Waals surface area contributed by atoms with Crippen molar-refractivity contribution in [2.45, 2.75) is 30.1 Å². The normalized spacial score (nSPS) is 23.9. The predicted molar refractivity (Wildman–Crippen MR) is 84.1 cm³/mol. The van der Waals surface area contributed by atoms with Gasteiger partial charge < -0.3 is 10.2 Å². The number of hydrogen-bond donors (Lipinski definition) is 1.